The lowest BCUT2D eigenvalue weighted by atomic mass is 10.1. The molecular formula is C22H22N6O2. The Bertz CT molecular complexity index is 1120. The molecule has 1 aromatic carbocycles. The number of hydrogen-bond acceptors (Lipinski definition) is 5. The summed E-state index contributed by atoms with van der Waals surface area (Å²) in [6.45, 7) is 2.41. The van der Waals surface area contributed by atoms with Crippen molar-refractivity contribution in [3.8, 4) is 11.4 Å². The lowest BCUT2D eigenvalue weighted by Gasteiger charge is -2.27. The smallest absolute Gasteiger partial charge is 0.274 e. The second kappa shape index (κ2) is 7.05. The van der Waals surface area contributed by atoms with E-state index in [-0.39, 0.29) is 18.0 Å². The van der Waals surface area contributed by atoms with Gasteiger partial charge in [0.1, 0.15) is 17.2 Å². The van der Waals surface area contributed by atoms with Gasteiger partial charge in [-0.1, -0.05) is 30.3 Å². The zero-order valence-corrected chi connectivity index (χ0v) is 16.7. The molecule has 30 heavy (non-hydrogen) atoms. The fourth-order valence-electron chi connectivity index (χ4n) is 4.64. The number of aromatic nitrogens is 4. The lowest BCUT2D eigenvalue weighted by Crippen LogP contribution is -2.42. The molecule has 1 fully saturated rings. The number of fused-ring (bicyclic) bond motifs is 3. The van der Waals surface area contributed by atoms with Crippen molar-refractivity contribution in [1.82, 2.24) is 24.4 Å². The Morgan fingerprint density at radius 1 is 1.07 bits per heavy atom. The highest BCUT2D eigenvalue weighted by Gasteiger charge is 2.42. The molecule has 2 atom stereocenters. The second-order valence-corrected chi connectivity index (χ2v) is 7.92. The van der Waals surface area contributed by atoms with Crippen LogP contribution in [0.1, 0.15) is 45.2 Å². The third-order valence-electron chi connectivity index (χ3n) is 6.01. The number of carbonyl (C=O) groups is 2. The molecule has 0 saturated carbocycles. The van der Waals surface area contributed by atoms with Gasteiger partial charge in [0.15, 0.2) is 0 Å². The first-order valence-corrected chi connectivity index (χ1v) is 10.1. The predicted molar refractivity (Wildman–Crippen MR) is 110 cm³/mol. The standard InChI is InChI=1S/C22H22N6O2/c1-13-10-25-17(11-24-13)22(30)28-15-7-8-16(28)12-27-18(9-15)19(20(23)29)26-21(27)14-5-3-2-4-6-14/h2-6,10-11,15-16H,7-9,12H2,1H3,(H2,23,29)/t15-,16+/m0/s1. The van der Waals surface area contributed by atoms with E-state index < -0.39 is 5.91 Å². The Morgan fingerprint density at radius 2 is 1.83 bits per heavy atom. The molecule has 0 aliphatic carbocycles. The average molecular weight is 402 g/mol. The highest BCUT2D eigenvalue weighted by molar-refractivity contribution is 5.94. The minimum Gasteiger partial charge on any atom is -0.364 e. The number of rotatable bonds is 3. The molecule has 8 heteroatoms. The number of imidazole rings is 1. The molecule has 2 aromatic heterocycles. The molecule has 4 heterocycles. The van der Waals surface area contributed by atoms with E-state index in [0.717, 1.165) is 35.6 Å². The first kappa shape index (κ1) is 18.5. The van der Waals surface area contributed by atoms with Crippen LogP contribution in [-0.2, 0) is 13.0 Å². The van der Waals surface area contributed by atoms with Gasteiger partial charge >= 0.3 is 0 Å². The van der Waals surface area contributed by atoms with Crippen molar-refractivity contribution in [2.45, 2.75) is 44.8 Å². The summed E-state index contributed by atoms with van der Waals surface area (Å²) in [5.74, 6) is 0.0612. The van der Waals surface area contributed by atoms with Crippen molar-refractivity contribution in [2.24, 2.45) is 5.73 Å². The van der Waals surface area contributed by atoms with Gasteiger partial charge in [-0.2, -0.15) is 0 Å². The van der Waals surface area contributed by atoms with Gasteiger partial charge < -0.3 is 15.2 Å². The number of hydrogen-bond donors (Lipinski definition) is 1. The molecule has 5 rings (SSSR count). The monoisotopic (exact) mass is 402 g/mol. The van der Waals surface area contributed by atoms with Crippen molar-refractivity contribution < 1.29 is 9.59 Å². The molecule has 0 spiro atoms. The topological polar surface area (TPSA) is 107 Å². The summed E-state index contributed by atoms with van der Waals surface area (Å²) in [5.41, 5.74) is 8.81. The number of amides is 2. The van der Waals surface area contributed by atoms with E-state index in [9.17, 15) is 9.59 Å². The molecule has 0 radical (unpaired) electrons. The summed E-state index contributed by atoms with van der Waals surface area (Å²) in [6, 6.07) is 9.73. The molecule has 2 amide bonds. The summed E-state index contributed by atoms with van der Waals surface area (Å²) in [6.07, 6.45) is 5.46. The molecule has 2 aliphatic heterocycles. The number of aryl methyl sites for hydroxylation is 1. The van der Waals surface area contributed by atoms with Crippen LogP contribution in [0.3, 0.4) is 0 Å². The van der Waals surface area contributed by atoms with Gasteiger partial charge in [-0.3, -0.25) is 14.6 Å². The molecule has 152 valence electrons. The predicted octanol–water partition coefficient (Wildman–Crippen LogP) is 1.98. The van der Waals surface area contributed by atoms with Crippen LogP contribution in [0.4, 0.5) is 0 Å². The van der Waals surface area contributed by atoms with Crippen molar-refractivity contribution in [3.05, 3.63) is 65.5 Å². The number of nitrogens with zero attached hydrogens (tertiary/aromatic N) is 5. The highest BCUT2D eigenvalue weighted by atomic mass is 16.2. The van der Waals surface area contributed by atoms with E-state index in [1.807, 2.05) is 42.2 Å². The van der Waals surface area contributed by atoms with E-state index in [4.69, 9.17) is 5.73 Å². The average Bonchev–Trinajstić information content (AvgIpc) is 3.25. The normalized spacial score (nSPS) is 20.0. The van der Waals surface area contributed by atoms with Crippen LogP contribution in [0, 0.1) is 6.92 Å². The summed E-state index contributed by atoms with van der Waals surface area (Å²) < 4.78 is 2.07. The van der Waals surface area contributed by atoms with Gasteiger partial charge in [-0.25, -0.2) is 9.97 Å². The number of benzene rings is 1. The van der Waals surface area contributed by atoms with E-state index in [1.54, 1.807) is 6.20 Å². The SMILES string of the molecule is Cc1cnc(C(=O)N2[C@@H]3CC[C@H]2Cc2c(C(N)=O)nc(-c4ccccc4)n2C3)cn1. The second-order valence-electron chi connectivity index (χ2n) is 7.92. The molecule has 2 N–H and O–H groups in total. The Hall–Kier alpha value is -3.55. The number of carbonyl (C=O) groups excluding carboxylic acids is 2. The largest absolute Gasteiger partial charge is 0.364 e. The Morgan fingerprint density at radius 3 is 2.53 bits per heavy atom. The first-order chi connectivity index (χ1) is 14.5. The van der Waals surface area contributed by atoms with Crippen LogP contribution < -0.4 is 5.73 Å². The van der Waals surface area contributed by atoms with Gasteiger partial charge in [0.05, 0.1) is 23.6 Å². The summed E-state index contributed by atoms with van der Waals surface area (Å²) in [5, 5.41) is 0. The Kier molecular flexibility index (Phi) is 4.34. The van der Waals surface area contributed by atoms with Gasteiger partial charge in [-0.15, -0.1) is 0 Å². The lowest BCUT2D eigenvalue weighted by molar-refractivity contribution is 0.0659. The van der Waals surface area contributed by atoms with Crippen LogP contribution in [0.5, 0.6) is 0 Å². The minimum atomic E-state index is -0.541. The van der Waals surface area contributed by atoms with E-state index in [0.29, 0.717) is 24.4 Å². The summed E-state index contributed by atoms with van der Waals surface area (Å²) in [4.78, 5) is 40.5. The van der Waals surface area contributed by atoms with Gasteiger partial charge in [0, 0.05) is 30.8 Å². The van der Waals surface area contributed by atoms with E-state index in [1.165, 1.54) is 6.20 Å². The van der Waals surface area contributed by atoms with Crippen molar-refractivity contribution >= 4 is 11.8 Å². The fraction of sp³-hybridized carbons (Fsp3) is 0.318. The summed E-state index contributed by atoms with van der Waals surface area (Å²) in [7, 11) is 0. The molecule has 0 unspecified atom stereocenters. The maximum atomic E-state index is 13.3. The third kappa shape index (κ3) is 2.96. The number of primary amides is 1. The van der Waals surface area contributed by atoms with Crippen LogP contribution in [0.25, 0.3) is 11.4 Å². The third-order valence-corrected chi connectivity index (χ3v) is 6.01. The molecular weight excluding hydrogens is 380 g/mol. The maximum Gasteiger partial charge on any atom is 0.274 e. The molecule has 3 aromatic rings. The molecule has 2 aliphatic rings. The Balaban J connectivity index is 1.56. The quantitative estimate of drug-likeness (QED) is 0.721. The van der Waals surface area contributed by atoms with Gasteiger partial charge in [0.25, 0.3) is 11.8 Å². The minimum absolute atomic E-state index is 0.00393. The molecule has 2 bridgehead atoms. The Labute approximate surface area is 173 Å². The zero-order valence-electron chi connectivity index (χ0n) is 16.7. The van der Waals surface area contributed by atoms with Crippen LogP contribution in [0.2, 0.25) is 0 Å². The van der Waals surface area contributed by atoms with Crippen LogP contribution >= 0.6 is 0 Å². The summed E-state index contributed by atoms with van der Waals surface area (Å²) >= 11 is 0. The zero-order chi connectivity index (χ0) is 20.8. The van der Waals surface area contributed by atoms with Gasteiger partial charge in [-0.05, 0) is 19.8 Å². The van der Waals surface area contributed by atoms with Crippen LogP contribution in [-0.4, -0.2) is 48.3 Å². The van der Waals surface area contributed by atoms with E-state index >= 15 is 0 Å². The van der Waals surface area contributed by atoms with Crippen molar-refractivity contribution in [2.75, 3.05) is 0 Å². The highest BCUT2D eigenvalue weighted by Crippen LogP contribution is 2.36. The van der Waals surface area contributed by atoms with Crippen molar-refractivity contribution in [1.29, 1.82) is 0 Å². The first-order valence-electron chi connectivity index (χ1n) is 10.1. The number of nitrogens with two attached hydrogens (primary N) is 1. The fourth-order valence-corrected chi connectivity index (χ4v) is 4.64. The maximum absolute atomic E-state index is 13.3. The van der Waals surface area contributed by atoms with E-state index in [2.05, 4.69) is 19.5 Å². The van der Waals surface area contributed by atoms with Gasteiger partial charge in [0.2, 0.25) is 0 Å². The van der Waals surface area contributed by atoms with Crippen molar-refractivity contribution in [3.63, 3.8) is 0 Å². The molecule has 1 saturated heterocycles. The molecule has 8 nitrogen and oxygen atoms in total. The van der Waals surface area contributed by atoms with Crippen LogP contribution in [0.15, 0.2) is 42.7 Å².